The first-order valence-corrected chi connectivity index (χ1v) is 7.37. The molecule has 0 fully saturated rings. The van der Waals surface area contributed by atoms with E-state index in [2.05, 4.69) is 19.2 Å². The maximum atomic E-state index is 5.53. The number of hydrogen-bond acceptors (Lipinski definition) is 4. The van der Waals surface area contributed by atoms with E-state index in [4.69, 9.17) is 14.2 Å². The highest BCUT2D eigenvalue weighted by Crippen LogP contribution is 2.07. The zero-order valence-corrected chi connectivity index (χ0v) is 12.6. The molecule has 0 spiro atoms. The number of ether oxygens (including phenoxy) is 3. The summed E-state index contributed by atoms with van der Waals surface area (Å²) >= 11 is 0. The van der Waals surface area contributed by atoms with Gasteiger partial charge in [-0.25, -0.2) is 0 Å². The molecule has 0 aliphatic carbocycles. The van der Waals surface area contributed by atoms with E-state index in [0.717, 1.165) is 31.9 Å². The van der Waals surface area contributed by atoms with E-state index in [1.54, 1.807) is 0 Å². The Labute approximate surface area is 122 Å². The number of benzene rings is 1. The van der Waals surface area contributed by atoms with Crippen LogP contribution < -0.4 is 10.1 Å². The number of rotatable bonds is 12. The highest BCUT2D eigenvalue weighted by molar-refractivity contribution is 5.20. The second-order valence-electron chi connectivity index (χ2n) is 4.80. The Bertz CT molecular complexity index is 317. The molecule has 4 nitrogen and oxygen atoms in total. The van der Waals surface area contributed by atoms with Crippen LogP contribution in [0, 0.1) is 0 Å². The summed E-state index contributed by atoms with van der Waals surface area (Å²) in [5, 5.41) is 3.32. The Kier molecular flexibility index (Phi) is 9.92. The maximum Gasteiger partial charge on any atom is 0.119 e. The van der Waals surface area contributed by atoms with Crippen LogP contribution in [0.2, 0.25) is 0 Å². The van der Waals surface area contributed by atoms with Gasteiger partial charge >= 0.3 is 0 Å². The molecule has 114 valence electrons. The van der Waals surface area contributed by atoms with Crippen LogP contribution in [-0.4, -0.2) is 45.6 Å². The van der Waals surface area contributed by atoms with Crippen molar-refractivity contribution < 1.29 is 14.2 Å². The number of para-hydroxylation sites is 1. The van der Waals surface area contributed by atoms with Crippen LogP contribution in [0.4, 0.5) is 0 Å². The third-order valence-electron chi connectivity index (χ3n) is 2.61. The summed E-state index contributed by atoms with van der Waals surface area (Å²) in [5.74, 6) is 0.888. The van der Waals surface area contributed by atoms with Gasteiger partial charge in [0.05, 0.1) is 19.3 Å². The van der Waals surface area contributed by atoms with E-state index in [0.29, 0.717) is 25.9 Å². The standard InChI is InChI=1S/C16H27NO3/c1-15(2)19-11-6-9-17-10-12-18-13-14-20-16-7-4-3-5-8-16/h3-5,7-8,15,17H,6,9-14H2,1-2H3. The first-order valence-electron chi connectivity index (χ1n) is 7.37. The van der Waals surface area contributed by atoms with Crippen LogP contribution in [0.25, 0.3) is 0 Å². The quantitative estimate of drug-likeness (QED) is 0.598. The summed E-state index contributed by atoms with van der Waals surface area (Å²) in [6.07, 6.45) is 1.36. The molecule has 1 N–H and O–H groups in total. The van der Waals surface area contributed by atoms with Crippen molar-refractivity contribution in [2.45, 2.75) is 26.4 Å². The van der Waals surface area contributed by atoms with E-state index in [9.17, 15) is 0 Å². The van der Waals surface area contributed by atoms with Crippen LogP contribution in [0.5, 0.6) is 5.75 Å². The van der Waals surface area contributed by atoms with Crippen LogP contribution >= 0.6 is 0 Å². The van der Waals surface area contributed by atoms with Crippen molar-refractivity contribution in [3.63, 3.8) is 0 Å². The molecule has 0 heterocycles. The predicted octanol–water partition coefficient (Wildman–Crippen LogP) is 2.49. The van der Waals surface area contributed by atoms with Crippen LogP contribution in [0.3, 0.4) is 0 Å². The molecule has 0 saturated heterocycles. The van der Waals surface area contributed by atoms with Gasteiger partial charge in [0.25, 0.3) is 0 Å². The van der Waals surface area contributed by atoms with Gasteiger partial charge in [-0.2, -0.15) is 0 Å². The molecule has 1 aromatic carbocycles. The summed E-state index contributed by atoms with van der Waals surface area (Å²) in [5.41, 5.74) is 0. The molecule has 0 saturated carbocycles. The molecular weight excluding hydrogens is 254 g/mol. The molecule has 0 atom stereocenters. The summed E-state index contributed by atoms with van der Waals surface area (Å²) < 4.78 is 16.5. The van der Waals surface area contributed by atoms with Gasteiger partial charge in [-0.05, 0) is 38.9 Å². The first kappa shape index (κ1) is 17.0. The highest BCUT2D eigenvalue weighted by atomic mass is 16.5. The average molecular weight is 281 g/mol. The predicted molar refractivity (Wildman–Crippen MR) is 81.3 cm³/mol. The Balaban J connectivity index is 1.79. The van der Waals surface area contributed by atoms with Crippen molar-refractivity contribution in [1.82, 2.24) is 5.32 Å². The van der Waals surface area contributed by atoms with Crippen molar-refractivity contribution in [3.05, 3.63) is 30.3 Å². The number of nitrogens with one attached hydrogen (secondary N) is 1. The molecule has 0 amide bonds. The molecule has 0 unspecified atom stereocenters. The SMILES string of the molecule is CC(C)OCCCNCCOCCOc1ccccc1. The fourth-order valence-electron chi connectivity index (χ4n) is 1.62. The van der Waals surface area contributed by atoms with Gasteiger partial charge in [0.2, 0.25) is 0 Å². The molecule has 0 aliphatic rings. The Hall–Kier alpha value is -1.10. The molecular formula is C16H27NO3. The van der Waals surface area contributed by atoms with Gasteiger partial charge in [0.1, 0.15) is 12.4 Å². The minimum Gasteiger partial charge on any atom is -0.491 e. The Morgan fingerprint density at radius 1 is 0.950 bits per heavy atom. The topological polar surface area (TPSA) is 39.7 Å². The second-order valence-corrected chi connectivity index (χ2v) is 4.80. The van der Waals surface area contributed by atoms with Gasteiger partial charge in [-0.3, -0.25) is 0 Å². The molecule has 1 rings (SSSR count). The minimum atomic E-state index is 0.322. The van der Waals surface area contributed by atoms with E-state index in [-0.39, 0.29) is 0 Å². The van der Waals surface area contributed by atoms with Crippen LogP contribution in [0.1, 0.15) is 20.3 Å². The molecule has 0 aromatic heterocycles. The summed E-state index contributed by atoms with van der Waals surface area (Å²) in [7, 11) is 0. The lowest BCUT2D eigenvalue weighted by Crippen LogP contribution is -2.23. The smallest absolute Gasteiger partial charge is 0.119 e. The van der Waals surface area contributed by atoms with E-state index in [1.807, 2.05) is 30.3 Å². The van der Waals surface area contributed by atoms with Crippen LogP contribution in [-0.2, 0) is 9.47 Å². The molecule has 0 aliphatic heterocycles. The fraction of sp³-hybridized carbons (Fsp3) is 0.625. The zero-order valence-electron chi connectivity index (χ0n) is 12.6. The average Bonchev–Trinajstić information content (AvgIpc) is 2.45. The van der Waals surface area contributed by atoms with Gasteiger partial charge < -0.3 is 19.5 Å². The molecule has 4 heteroatoms. The van der Waals surface area contributed by atoms with Gasteiger partial charge in [-0.15, -0.1) is 0 Å². The third-order valence-corrected chi connectivity index (χ3v) is 2.61. The zero-order chi connectivity index (χ0) is 14.5. The fourth-order valence-corrected chi connectivity index (χ4v) is 1.62. The minimum absolute atomic E-state index is 0.322. The second kappa shape index (κ2) is 11.7. The van der Waals surface area contributed by atoms with Crippen molar-refractivity contribution in [1.29, 1.82) is 0 Å². The van der Waals surface area contributed by atoms with Crippen LogP contribution in [0.15, 0.2) is 30.3 Å². The van der Waals surface area contributed by atoms with Gasteiger partial charge in [0.15, 0.2) is 0 Å². The summed E-state index contributed by atoms with van der Waals surface area (Å²) in [6.45, 7) is 8.68. The molecule has 0 radical (unpaired) electrons. The van der Waals surface area contributed by atoms with E-state index >= 15 is 0 Å². The van der Waals surface area contributed by atoms with Crippen molar-refractivity contribution in [2.24, 2.45) is 0 Å². The molecule has 20 heavy (non-hydrogen) atoms. The van der Waals surface area contributed by atoms with Gasteiger partial charge in [-0.1, -0.05) is 18.2 Å². The van der Waals surface area contributed by atoms with Crippen molar-refractivity contribution in [2.75, 3.05) is 39.5 Å². The first-order chi connectivity index (χ1) is 9.79. The Morgan fingerprint density at radius 3 is 2.50 bits per heavy atom. The largest absolute Gasteiger partial charge is 0.491 e. The summed E-state index contributed by atoms with van der Waals surface area (Å²) in [6, 6.07) is 9.79. The van der Waals surface area contributed by atoms with E-state index < -0.39 is 0 Å². The lowest BCUT2D eigenvalue weighted by Gasteiger charge is -2.09. The molecule has 1 aromatic rings. The third kappa shape index (κ3) is 9.78. The summed E-state index contributed by atoms with van der Waals surface area (Å²) in [4.78, 5) is 0. The molecule has 0 bridgehead atoms. The van der Waals surface area contributed by atoms with E-state index in [1.165, 1.54) is 0 Å². The highest BCUT2D eigenvalue weighted by Gasteiger charge is 1.94. The van der Waals surface area contributed by atoms with Crippen molar-refractivity contribution >= 4 is 0 Å². The maximum absolute atomic E-state index is 5.53. The van der Waals surface area contributed by atoms with Crippen molar-refractivity contribution in [3.8, 4) is 5.75 Å². The van der Waals surface area contributed by atoms with Gasteiger partial charge in [0, 0.05) is 13.2 Å². The number of hydrogen-bond donors (Lipinski definition) is 1. The lowest BCUT2D eigenvalue weighted by atomic mass is 10.3. The lowest BCUT2D eigenvalue weighted by molar-refractivity contribution is 0.0757. The monoisotopic (exact) mass is 281 g/mol. The Morgan fingerprint density at radius 2 is 1.75 bits per heavy atom. The normalized spacial score (nSPS) is 10.9.